The molecule has 0 aromatic heterocycles. The number of allylic oxidation sites excluding steroid dienone is 2. The number of nitriles is 1. The Morgan fingerprint density at radius 3 is 2.00 bits per heavy atom. The van der Waals surface area contributed by atoms with Crippen LogP contribution >= 0.6 is 0 Å². The molecule has 1 saturated carbocycles. The molecule has 2 rings (SSSR count). The predicted molar refractivity (Wildman–Crippen MR) is 35.2 cm³/mol. The molecule has 0 bridgehead atoms. The lowest BCUT2D eigenvalue weighted by atomic mass is 10.1. The van der Waals surface area contributed by atoms with Crippen LogP contribution in [0.1, 0.15) is 0 Å². The molecule has 2 aliphatic rings. The Balaban J connectivity index is 2.33. The van der Waals surface area contributed by atoms with Crippen molar-refractivity contribution in [1.29, 1.82) is 5.26 Å². The van der Waals surface area contributed by atoms with Crippen LogP contribution < -0.4 is 0 Å². The molecule has 1 fully saturated rings. The molecule has 54 valence electrons. The van der Waals surface area contributed by atoms with E-state index in [0.29, 0.717) is 0 Å². The van der Waals surface area contributed by atoms with Crippen molar-refractivity contribution in [2.24, 2.45) is 17.8 Å². The van der Waals surface area contributed by atoms with E-state index >= 15 is 0 Å². The summed E-state index contributed by atoms with van der Waals surface area (Å²) in [6.45, 7) is 0. The maximum atomic E-state index is 11.0. The van der Waals surface area contributed by atoms with Crippen LogP contribution in [0.15, 0.2) is 12.2 Å². The Bertz CT molecular complexity index is 287. The SMILES string of the molecule is N#CC1[C@H]2C(=O)C=CC(=O)[C@@H]12. The minimum absolute atomic E-state index is 0.0684. The smallest absolute Gasteiger partial charge is 0.161 e. The number of fused-ring (bicyclic) bond motifs is 1. The van der Waals surface area contributed by atoms with Gasteiger partial charge in [-0.1, -0.05) is 0 Å². The van der Waals surface area contributed by atoms with E-state index in [2.05, 4.69) is 0 Å². The van der Waals surface area contributed by atoms with E-state index < -0.39 is 0 Å². The van der Waals surface area contributed by atoms with Crippen molar-refractivity contribution >= 4 is 11.6 Å². The van der Waals surface area contributed by atoms with Crippen molar-refractivity contribution in [3.8, 4) is 6.07 Å². The van der Waals surface area contributed by atoms with Crippen LogP contribution in [-0.4, -0.2) is 11.6 Å². The summed E-state index contributed by atoms with van der Waals surface area (Å²) >= 11 is 0. The Hall–Kier alpha value is -1.43. The minimum atomic E-state index is -0.343. The van der Waals surface area contributed by atoms with Gasteiger partial charge in [-0.05, 0) is 12.2 Å². The van der Waals surface area contributed by atoms with Crippen LogP contribution in [-0.2, 0) is 9.59 Å². The fourth-order valence-corrected chi connectivity index (χ4v) is 1.57. The average Bonchev–Trinajstić information content (AvgIpc) is 2.72. The molecule has 0 saturated heterocycles. The van der Waals surface area contributed by atoms with Crippen molar-refractivity contribution < 1.29 is 9.59 Å². The zero-order chi connectivity index (χ0) is 8.01. The van der Waals surface area contributed by atoms with Gasteiger partial charge in [0.1, 0.15) is 0 Å². The lowest BCUT2D eigenvalue weighted by molar-refractivity contribution is -0.121. The topological polar surface area (TPSA) is 57.9 Å². The van der Waals surface area contributed by atoms with Crippen LogP contribution in [0.4, 0.5) is 0 Å². The van der Waals surface area contributed by atoms with Crippen molar-refractivity contribution in [1.82, 2.24) is 0 Å². The first-order valence-corrected chi connectivity index (χ1v) is 3.41. The number of hydrogen-bond acceptors (Lipinski definition) is 3. The molecule has 0 N–H and O–H groups in total. The van der Waals surface area contributed by atoms with E-state index in [1.54, 1.807) is 0 Å². The number of nitrogens with zero attached hydrogens (tertiary/aromatic N) is 1. The molecule has 0 aromatic carbocycles. The Morgan fingerprint density at radius 2 is 1.64 bits per heavy atom. The highest BCUT2D eigenvalue weighted by Crippen LogP contribution is 2.49. The van der Waals surface area contributed by atoms with Gasteiger partial charge in [-0.15, -0.1) is 0 Å². The van der Waals surface area contributed by atoms with Crippen LogP contribution in [0.2, 0.25) is 0 Å². The average molecular weight is 147 g/mol. The van der Waals surface area contributed by atoms with Crippen LogP contribution in [0.3, 0.4) is 0 Å². The maximum Gasteiger partial charge on any atom is 0.161 e. The molecule has 1 unspecified atom stereocenters. The van der Waals surface area contributed by atoms with E-state index in [-0.39, 0.29) is 29.3 Å². The summed E-state index contributed by atoms with van der Waals surface area (Å²) in [6.07, 6.45) is 2.56. The van der Waals surface area contributed by atoms with E-state index in [1.165, 1.54) is 12.2 Å². The van der Waals surface area contributed by atoms with Gasteiger partial charge >= 0.3 is 0 Å². The van der Waals surface area contributed by atoms with Gasteiger partial charge in [0.2, 0.25) is 0 Å². The van der Waals surface area contributed by atoms with Gasteiger partial charge in [0.05, 0.1) is 12.0 Å². The number of rotatable bonds is 0. The molecule has 3 nitrogen and oxygen atoms in total. The normalized spacial score (nSPS) is 39.7. The molecule has 0 aromatic rings. The standard InChI is InChI=1S/C8H5NO2/c9-3-4-7-5(10)1-2-6(11)8(4)7/h1-2,4,7-8H/t4?,7-,8+. The number of carbonyl (C=O) groups is 2. The largest absolute Gasteiger partial charge is 0.294 e. The fraction of sp³-hybridized carbons (Fsp3) is 0.375. The lowest BCUT2D eigenvalue weighted by Crippen LogP contribution is -2.09. The van der Waals surface area contributed by atoms with Gasteiger partial charge in [-0.2, -0.15) is 5.26 Å². The van der Waals surface area contributed by atoms with E-state index in [1.807, 2.05) is 6.07 Å². The van der Waals surface area contributed by atoms with Crippen LogP contribution in [0.5, 0.6) is 0 Å². The minimum Gasteiger partial charge on any atom is -0.294 e. The number of carbonyl (C=O) groups excluding carboxylic acids is 2. The molecule has 0 radical (unpaired) electrons. The monoisotopic (exact) mass is 147 g/mol. The maximum absolute atomic E-state index is 11.0. The third-order valence-corrected chi connectivity index (χ3v) is 2.24. The van der Waals surface area contributed by atoms with Crippen LogP contribution in [0.25, 0.3) is 0 Å². The van der Waals surface area contributed by atoms with Crippen molar-refractivity contribution in [3.05, 3.63) is 12.2 Å². The van der Waals surface area contributed by atoms with E-state index in [0.717, 1.165) is 0 Å². The van der Waals surface area contributed by atoms with Crippen molar-refractivity contribution in [2.45, 2.75) is 0 Å². The summed E-state index contributed by atoms with van der Waals surface area (Å²) in [5.41, 5.74) is 0. The molecule has 0 heterocycles. The summed E-state index contributed by atoms with van der Waals surface area (Å²) in [7, 11) is 0. The first-order valence-electron chi connectivity index (χ1n) is 3.41. The summed E-state index contributed by atoms with van der Waals surface area (Å²) in [5, 5.41) is 8.49. The van der Waals surface area contributed by atoms with Crippen molar-refractivity contribution in [2.75, 3.05) is 0 Å². The Kier molecular flexibility index (Phi) is 1.02. The third kappa shape index (κ3) is 0.666. The summed E-state index contributed by atoms with van der Waals surface area (Å²) in [5.74, 6) is -1.10. The highest BCUT2D eigenvalue weighted by atomic mass is 16.1. The third-order valence-electron chi connectivity index (χ3n) is 2.24. The number of hydrogen-bond donors (Lipinski definition) is 0. The molecule has 2 aliphatic carbocycles. The highest BCUT2D eigenvalue weighted by molar-refractivity contribution is 6.11. The molecular weight excluding hydrogens is 142 g/mol. The van der Waals surface area contributed by atoms with Gasteiger partial charge < -0.3 is 0 Å². The molecular formula is C8H5NO2. The zero-order valence-electron chi connectivity index (χ0n) is 5.65. The summed E-state index contributed by atoms with van der Waals surface area (Å²) in [6, 6.07) is 1.96. The number of ketones is 2. The molecule has 0 amide bonds. The Labute approximate surface area is 63.3 Å². The highest BCUT2D eigenvalue weighted by Gasteiger charge is 2.59. The quantitative estimate of drug-likeness (QED) is 0.487. The molecule has 11 heavy (non-hydrogen) atoms. The van der Waals surface area contributed by atoms with Gasteiger partial charge in [-0.25, -0.2) is 0 Å². The second-order valence-corrected chi connectivity index (χ2v) is 2.84. The fourth-order valence-electron chi connectivity index (χ4n) is 1.57. The lowest BCUT2D eigenvalue weighted by Gasteiger charge is -1.95. The first-order chi connectivity index (χ1) is 5.25. The Morgan fingerprint density at radius 1 is 1.18 bits per heavy atom. The second kappa shape index (κ2) is 1.79. The van der Waals surface area contributed by atoms with Gasteiger partial charge in [0.15, 0.2) is 11.6 Å². The molecule has 0 aliphatic heterocycles. The van der Waals surface area contributed by atoms with Gasteiger partial charge in [-0.3, -0.25) is 9.59 Å². The van der Waals surface area contributed by atoms with Gasteiger partial charge in [0.25, 0.3) is 0 Å². The van der Waals surface area contributed by atoms with Crippen molar-refractivity contribution in [3.63, 3.8) is 0 Å². The van der Waals surface area contributed by atoms with E-state index in [4.69, 9.17) is 5.26 Å². The summed E-state index contributed by atoms with van der Waals surface area (Å²) in [4.78, 5) is 21.9. The van der Waals surface area contributed by atoms with Gasteiger partial charge in [0, 0.05) is 11.8 Å². The summed E-state index contributed by atoms with van der Waals surface area (Å²) < 4.78 is 0. The van der Waals surface area contributed by atoms with E-state index in [9.17, 15) is 9.59 Å². The second-order valence-electron chi connectivity index (χ2n) is 2.84. The van der Waals surface area contributed by atoms with Crippen LogP contribution in [0, 0.1) is 29.1 Å². The molecule has 3 atom stereocenters. The zero-order valence-corrected chi connectivity index (χ0v) is 5.65. The molecule has 3 heteroatoms. The predicted octanol–water partition coefficient (Wildman–Crippen LogP) is 0.0802. The molecule has 0 spiro atoms. The first kappa shape index (κ1) is 6.29.